The zero-order valence-corrected chi connectivity index (χ0v) is 8.60. The van der Waals surface area contributed by atoms with E-state index in [1.165, 1.54) is 0 Å². The third-order valence-electron chi connectivity index (χ3n) is 3.12. The van der Waals surface area contributed by atoms with Crippen LogP contribution in [0.15, 0.2) is 0 Å². The summed E-state index contributed by atoms with van der Waals surface area (Å²) in [5.41, 5.74) is 0. The number of ether oxygens (including phenoxy) is 3. The van der Waals surface area contributed by atoms with Gasteiger partial charge in [0.15, 0.2) is 5.79 Å². The minimum Gasteiger partial charge on any atom is -0.389 e. The van der Waals surface area contributed by atoms with Gasteiger partial charge in [0.25, 0.3) is 0 Å². The van der Waals surface area contributed by atoms with Gasteiger partial charge in [0.1, 0.15) is 0 Å². The summed E-state index contributed by atoms with van der Waals surface area (Å²) in [6, 6.07) is 0.105. The van der Waals surface area contributed by atoms with E-state index in [-0.39, 0.29) is 12.1 Å². The predicted molar refractivity (Wildman–Crippen MR) is 48.9 cm³/mol. The Balaban J connectivity index is 1.87. The van der Waals surface area contributed by atoms with E-state index in [0.29, 0.717) is 26.3 Å². The molecule has 2 aliphatic heterocycles. The molecule has 14 heavy (non-hydrogen) atoms. The number of likely N-dealkylation sites (tertiary alicyclic amines) is 1. The van der Waals surface area contributed by atoms with Crippen LogP contribution in [0.5, 0.6) is 0 Å². The van der Waals surface area contributed by atoms with Gasteiger partial charge in [-0.3, -0.25) is 4.90 Å². The highest BCUT2D eigenvalue weighted by atomic mass is 16.7. The molecule has 0 spiro atoms. The number of rotatable bonds is 3. The Morgan fingerprint density at radius 3 is 2.36 bits per heavy atom. The average molecular weight is 203 g/mol. The molecule has 2 fully saturated rings. The summed E-state index contributed by atoms with van der Waals surface area (Å²) in [6.07, 6.45) is -0.373. The van der Waals surface area contributed by atoms with Gasteiger partial charge in [0.05, 0.1) is 38.4 Å². The first kappa shape index (κ1) is 10.3. The first-order chi connectivity index (χ1) is 6.71. The van der Waals surface area contributed by atoms with Crippen LogP contribution in [0.4, 0.5) is 0 Å². The Morgan fingerprint density at radius 1 is 1.29 bits per heavy atom. The molecule has 82 valence electrons. The second-order valence-corrected chi connectivity index (χ2v) is 3.90. The Morgan fingerprint density at radius 2 is 1.93 bits per heavy atom. The van der Waals surface area contributed by atoms with Gasteiger partial charge in [0, 0.05) is 14.2 Å². The molecule has 0 aliphatic carbocycles. The van der Waals surface area contributed by atoms with Crippen LogP contribution in [0.2, 0.25) is 0 Å². The molecule has 5 heteroatoms. The van der Waals surface area contributed by atoms with Gasteiger partial charge in [-0.25, -0.2) is 0 Å². The maximum absolute atomic E-state index is 9.59. The quantitative estimate of drug-likeness (QED) is 0.599. The van der Waals surface area contributed by atoms with Crippen LogP contribution >= 0.6 is 0 Å². The van der Waals surface area contributed by atoms with E-state index >= 15 is 0 Å². The first-order valence-electron chi connectivity index (χ1n) is 4.81. The van der Waals surface area contributed by atoms with Crippen LogP contribution in [0, 0.1) is 0 Å². The normalized spacial score (nSPS) is 37.1. The zero-order valence-electron chi connectivity index (χ0n) is 8.60. The topological polar surface area (TPSA) is 51.2 Å². The summed E-state index contributed by atoms with van der Waals surface area (Å²) in [4.78, 5) is 2.13. The summed E-state index contributed by atoms with van der Waals surface area (Å²) in [6.45, 7) is 2.44. The summed E-state index contributed by atoms with van der Waals surface area (Å²) < 4.78 is 15.7. The Labute approximate surface area is 83.5 Å². The van der Waals surface area contributed by atoms with Crippen molar-refractivity contribution in [2.75, 3.05) is 40.5 Å². The van der Waals surface area contributed by atoms with E-state index in [0.717, 1.165) is 0 Å². The molecule has 1 N–H and O–H groups in total. The smallest absolute Gasteiger partial charge is 0.193 e. The summed E-state index contributed by atoms with van der Waals surface area (Å²) in [7, 11) is 3.28. The van der Waals surface area contributed by atoms with E-state index in [9.17, 15) is 5.11 Å². The van der Waals surface area contributed by atoms with Gasteiger partial charge >= 0.3 is 0 Å². The van der Waals surface area contributed by atoms with Gasteiger partial charge < -0.3 is 19.3 Å². The van der Waals surface area contributed by atoms with Crippen molar-refractivity contribution in [1.82, 2.24) is 4.90 Å². The number of methoxy groups -OCH3 is 2. The minimum absolute atomic E-state index is 0.105. The molecule has 2 rings (SSSR count). The summed E-state index contributed by atoms with van der Waals surface area (Å²) in [5.74, 6) is -0.470. The van der Waals surface area contributed by atoms with Crippen LogP contribution < -0.4 is 0 Å². The average Bonchev–Trinajstić information content (AvgIpc) is 2.52. The second kappa shape index (κ2) is 3.75. The van der Waals surface area contributed by atoms with E-state index in [1.807, 2.05) is 0 Å². The fraction of sp³-hybridized carbons (Fsp3) is 1.00. The Hall–Kier alpha value is -0.200. The van der Waals surface area contributed by atoms with E-state index in [1.54, 1.807) is 14.2 Å². The fourth-order valence-electron chi connectivity index (χ4n) is 2.03. The third kappa shape index (κ3) is 1.55. The molecule has 0 radical (unpaired) electrons. The molecule has 0 aromatic carbocycles. The Kier molecular flexibility index (Phi) is 2.77. The lowest BCUT2D eigenvalue weighted by atomic mass is 10.0. The minimum atomic E-state index is -0.470. The van der Waals surface area contributed by atoms with Crippen LogP contribution in [0.1, 0.15) is 0 Å². The van der Waals surface area contributed by atoms with Gasteiger partial charge in [0.2, 0.25) is 0 Å². The van der Waals surface area contributed by atoms with Crippen LogP contribution in [0.3, 0.4) is 0 Å². The molecule has 5 nitrogen and oxygen atoms in total. The van der Waals surface area contributed by atoms with E-state index < -0.39 is 5.79 Å². The number of aliphatic hydroxyl groups excluding tert-OH is 1. The van der Waals surface area contributed by atoms with Crippen molar-refractivity contribution in [3.05, 3.63) is 0 Å². The summed E-state index contributed by atoms with van der Waals surface area (Å²) in [5, 5.41) is 9.59. The molecular formula is C9H17NO4. The van der Waals surface area contributed by atoms with Gasteiger partial charge in [-0.2, -0.15) is 0 Å². The molecule has 0 aromatic rings. The zero-order chi connectivity index (χ0) is 10.2. The molecule has 2 saturated heterocycles. The molecule has 2 heterocycles. The molecular weight excluding hydrogens is 186 g/mol. The van der Waals surface area contributed by atoms with Crippen molar-refractivity contribution in [1.29, 1.82) is 0 Å². The molecule has 0 amide bonds. The molecule has 0 saturated carbocycles. The van der Waals surface area contributed by atoms with Crippen molar-refractivity contribution >= 4 is 0 Å². The van der Waals surface area contributed by atoms with Crippen molar-refractivity contribution < 1.29 is 19.3 Å². The standard InChI is InChI=1S/C9H17NO4/c1-12-9(13-2)5-10(6-9)7-3-14-4-8(7)11/h7-8,11H,3-6H2,1-2H3/t7-,8-/m1/s1. The number of aliphatic hydroxyl groups is 1. The monoisotopic (exact) mass is 203 g/mol. The lowest BCUT2D eigenvalue weighted by Crippen LogP contribution is -2.68. The number of hydrogen-bond donors (Lipinski definition) is 1. The van der Waals surface area contributed by atoms with Gasteiger partial charge in [-0.1, -0.05) is 0 Å². The molecule has 0 unspecified atom stereocenters. The molecule has 0 bridgehead atoms. The highest BCUT2D eigenvalue weighted by molar-refractivity contribution is 4.96. The number of hydrogen-bond acceptors (Lipinski definition) is 5. The molecule has 0 aromatic heterocycles. The van der Waals surface area contributed by atoms with Crippen LogP contribution in [0.25, 0.3) is 0 Å². The van der Waals surface area contributed by atoms with Crippen molar-refractivity contribution in [2.24, 2.45) is 0 Å². The second-order valence-electron chi connectivity index (χ2n) is 3.90. The summed E-state index contributed by atoms with van der Waals surface area (Å²) >= 11 is 0. The van der Waals surface area contributed by atoms with Gasteiger partial charge in [-0.05, 0) is 0 Å². The maximum Gasteiger partial charge on any atom is 0.193 e. The van der Waals surface area contributed by atoms with Crippen LogP contribution in [-0.4, -0.2) is 68.5 Å². The van der Waals surface area contributed by atoms with Crippen LogP contribution in [-0.2, 0) is 14.2 Å². The first-order valence-corrected chi connectivity index (χ1v) is 4.81. The largest absolute Gasteiger partial charge is 0.389 e. The Bertz CT molecular complexity index is 199. The van der Waals surface area contributed by atoms with Crippen molar-refractivity contribution in [3.8, 4) is 0 Å². The SMILES string of the molecule is COC1(OC)CN([C@@H]2COC[C@H]2O)C1. The highest BCUT2D eigenvalue weighted by Crippen LogP contribution is 2.29. The fourth-order valence-corrected chi connectivity index (χ4v) is 2.03. The predicted octanol–water partition coefficient (Wildman–Crippen LogP) is -0.949. The number of nitrogens with zero attached hydrogens (tertiary/aromatic N) is 1. The third-order valence-corrected chi connectivity index (χ3v) is 3.12. The highest BCUT2D eigenvalue weighted by Gasteiger charge is 2.49. The molecule has 2 aliphatic rings. The molecule has 2 atom stereocenters. The lowest BCUT2D eigenvalue weighted by molar-refractivity contribution is -0.284. The lowest BCUT2D eigenvalue weighted by Gasteiger charge is -2.50. The van der Waals surface area contributed by atoms with E-state index in [2.05, 4.69) is 4.90 Å². The van der Waals surface area contributed by atoms with Crippen molar-refractivity contribution in [2.45, 2.75) is 17.9 Å². The maximum atomic E-state index is 9.59. The van der Waals surface area contributed by atoms with Gasteiger partial charge in [-0.15, -0.1) is 0 Å². The van der Waals surface area contributed by atoms with Crippen molar-refractivity contribution in [3.63, 3.8) is 0 Å². The van der Waals surface area contributed by atoms with E-state index in [4.69, 9.17) is 14.2 Å².